The standard InChI is InChI=1S/C14H28N2O2/c1-8-4-12(16)7-10(14(8)18)5-9-6-11(15)2-3-13(9)17/h8-14,17-18H,2-7,15-16H2,1H3/t8-,9+,10?,11+,12-,13+,14+/m1/s1. The summed E-state index contributed by atoms with van der Waals surface area (Å²) in [4.78, 5) is 0. The Morgan fingerprint density at radius 1 is 0.944 bits per heavy atom. The minimum atomic E-state index is -0.268. The highest BCUT2D eigenvalue weighted by Crippen LogP contribution is 2.37. The summed E-state index contributed by atoms with van der Waals surface area (Å²) in [5.74, 6) is 0.743. The molecule has 2 saturated carbocycles. The first kappa shape index (κ1) is 14.3. The Bertz CT molecular complexity index is 275. The largest absolute Gasteiger partial charge is 0.393 e. The van der Waals surface area contributed by atoms with Crippen LogP contribution in [0.15, 0.2) is 0 Å². The highest BCUT2D eigenvalue weighted by molar-refractivity contribution is 4.90. The summed E-state index contributed by atoms with van der Waals surface area (Å²) in [6, 6.07) is 0.410. The van der Waals surface area contributed by atoms with Gasteiger partial charge in [0, 0.05) is 12.1 Å². The SMILES string of the molecule is C[C@@H]1C[C@@H](N)CC(C[C@H]2C[C@@H](N)CC[C@@H]2O)[C@H]1O. The van der Waals surface area contributed by atoms with Gasteiger partial charge in [0.25, 0.3) is 0 Å². The van der Waals surface area contributed by atoms with Gasteiger partial charge in [0.05, 0.1) is 12.2 Å². The molecule has 2 aliphatic rings. The number of hydrogen-bond acceptors (Lipinski definition) is 4. The lowest BCUT2D eigenvalue weighted by molar-refractivity contribution is -0.0169. The average Bonchev–Trinajstić information content (AvgIpc) is 2.30. The van der Waals surface area contributed by atoms with Gasteiger partial charge in [0.1, 0.15) is 0 Å². The molecule has 0 aromatic heterocycles. The Morgan fingerprint density at radius 3 is 2.33 bits per heavy atom. The zero-order chi connectivity index (χ0) is 13.3. The van der Waals surface area contributed by atoms with Crippen LogP contribution in [0.3, 0.4) is 0 Å². The van der Waals surface area contributed by atoms with E-state index in [-0.39, 0.29) is 42.0 Å². The van der Waals surface area contributed by atoms with Gasteiger partial charge in [0.2, 0.25) is 0 Å². The van der Waals surface area contributed by atoms with E-state index in [0.29, 0.717) is 0 Å². The van der Waals surface area contributed by atoms with Gasteiger partial charge in [-0.25, -0.2) is 0 Å². The molecule has 1 unspecified atom stereocenters. The second-order valence-electron chi connectivity index (χ2n) is 6.60. The topological polar surface area (TPSA) is 92.5 Å². The van der Waals surface area contributed by atoms with Crippen LogP contribution in [0.1, 0.15) is 45.4 Å². The van der Waals surface area contributed by atoms with Crippen LogP contribution in [0.4, 0.5) is 0 Å². The highest BCUT2D eigenvalue weighted by Gasteiger charge is 2.37. The lowest BCUT2D eigenvalue weighted by atomic mass is 9.70. The second-order valence-corrected chi connectivity index (χ2v) is 6.60. The minimum absolute atomic E-state index is 0.197. The fraction of sp³-hybridized carbons (Fsp3) is 1.00. The lowest BCUT2D eigenvalue weighted by Gasteiger charge is -2.40. The molecular weight excluding hydrogens is 228 g/mol. The first-order chi connectivity index (χ1) is 8.47. The molecule has 0 spiro atoms. The summed E-state index contributed by atoms with van der Waals surface area (Å²) in [5, 5.41) is 20.3. The van der Waals surface area contributed by atoms with Crippen LogP contribution < -0.4 is 11.5 Å². The van der Waals surface area contributed by atoms with Crippen molar-refractivity contribution in [1.82, 2.24) is 0 Å². The Labute approximate surface area is 110 Å². The number of hydrogen-bond donors (Lipinski definition) is 4. The molecule has 0 aromatic rings. The van der Waals surface area contributed by atoms with Gasteiger partial charge in [0.15, 0.2) is 0 Å². The molecule has 18 heavy (non-hydrogen) atoms. The maximum atomic E-state index is 10.3. The fourth-order valence-corrected chi connectivity index (χ4v) is 3.87. The summed E-state index contributed by atoms with van der Waals surface area (Å²) in [5.41, 5.74) is 12.0. The van der Waals surface area contributed by atoms with Crippen LogP contribution in [0.2, 0.25) is 0 Å². The molecule has 0 heterocycles. The first-order valence-corrected chi connectivity index (χ1v) is 7.34. The Hall–Kier alpha value is -0.160. The van der Waals surface area contributed by atoms with E-state index in [1.54, 1.807) is 0 Å². The van der Waals surface area contributed by atoms with Gasteiger partial charge in [-0.15, -0.1) is 0 Å². The smallest absolute Gasteiger partial charge is 0.0595 e. The Kier molecular flexibility index (Phi) is 4.64. The minimum Gasteiger partial charge on any atom is -0.393 e. The van der Waals surface area contributed by atoms with Crippen LogP contribution >= 0.6 is 0 Å². The molecule has 2 aliphatic carbocycles. The van der Waals surface area contributed by atoms with E-state index in [1.165, 1.54) is 0 Å². The van der Waals surface area contributed by atoms with Crippen molar-refractivity contribution in [2.24, 2.45) is 29.2 Å². The zero-order valence-electron chi connectivity index (χ0n) is 11.3. The molecule has 106 valence electrons. The molecule has 2 rings (SSSR count). The monoisotopic (exact) mass is 256 g/mol. The van der Waals surface area contributed by atoms with Crippen LogP contribution in [-0.2, 0) is 0 Å². The van der Waals surface area contributed by atoms with Gasteiger partial charge in [-0.2, -0.15) is 0 Å². The number of rotatable bonds is 2. The quantitative estimate of drug-likeness (QED) is 0.582. The van der Waals surface area contributed by atoms with Gasteiger partial charge >= 0.3 is 0 Å². The van der Waals surface area contributed by atoms with E-state index in [9.17, 15) is 10.2 Å². The van der Waals surface area contributed by atoms with Crippen molar-refractivity contribution >= 4 is 0 Å². The molecule has 0 bridgehead atoms. The molecular formula is C14H28N2O2. The third-order valence-corrected chi connectivity index (χ3v) is 4.93. The Balaban J connectivity index is 1.94. The first-order valence-electron chi connectivity index (χ1n) is 7.34. The van der Waals surface area contributed by atoms with E-state index in [4.69, 9.17) is 11.5 Å². The summed E-state index contributed by atoms with van der Waals surface area (Å²) < 4.78 is 0. The summed E-state index contributed by atoms with van der Waals surface area (Å²) in [6.45, 7) is 2.07. The van der Waals surface area contributed by atoms with E-state index in [2.05, 4.69) is 6.92 Å². The van der Waals surface area contributed by atoms with Crippen LogP contribution in [-0.4, -0.2) is 34.5 Å². The number of aliphatic hydroxyl groups is 2. The maximum Gasteiger partial charge on any atom is 0.0595 e. The second kappa shape index (κ2) is 5.87. The normalized spacial score (nSPS) is 50.2. The highest BCUT2D eigenvalue weighted by atomic mass is 16.3. The summed E-state index contributed by atoms with van der Waals surface area (Å²) >= 11 is 0. The van der Waals surface area contributed by atoms with Gasteiger partial charge in [-0.3, -0.25) is 0 Å². The zero-order valence-corrected chi connectivity index (χ0v) is 11.3. The molecule has 4 nitrogen and oxygen atoms in total. The van der Waals surface area contributed by atoms with Crippen molar-refractivity contribution in [2.75, 3.05) is 0 Å². The average molecular weight is 256 g/mol. The van der Waals surface area contributed by atoms with Gasteiger partial charge < -0.3 is 21.7 Å². The molecule has 0 radical (unpaired) electrons. The van der Waals surface area contributed by atoms with Gasteiger partial charge in [-0.05, 0) is 56.3 Å². The predicted molar refractivity (Wildman–Crippen MR) is 71.8 cm³/mol. The molecule has 0 aliphatic heterocycles. The molecule has 4 heteroatoms. The van der Waals surface area contributed by atoms with Crippen molar-refractivity contribution in [3.05, 3.63) is 0 Å². The number of aliphatic hydroxyl groups excluding tert-OH is 2. The van der Waals surface area contributed by atoms with E-state index in [0.717, 1.165) is 38.5 Å². The third-order valence-electron chi connectivity index (χ3n) is 4.93. The van der Waals surface area contributed by atoms with Gasteiger partial charge in [-0.1, -0.05) is 6.92 Å². The predicted octanol–water partition coefficient (Wildman–Crippen LogP) is 0.599. The third kappa shape index (κ3) is 3.23. The van der Waals surface area contributed by atoms with E-state index < -0.39 is 0 Å². The van der Waals surface area contributed by atoms with E-state index in [1.807, 2.05) is 0 Å². The molecule has 7 atom stereocenters. The van der Waals surface area contributed by atoms with E-state index >= 15 is 0 Å². The number of nitrogens with two attached hydrogens (primary N) is 2. The van der Waals surface area contributed by atoms with Crippen LogP contribution in [0.25, 0.3) is 0 Å². The summed E-state index contributed by atoms with van der Waals surface area (Å²) in [7, 11) is 0. The van der Waals surface area contributed by atoms with Crippen molar-refractivity contribution < 1.29 is 10.2 Å². The van der Waals surface area contributed by atoms with Crippen molar-refractivity contribution in [3.8, 4) is 0 Å². The molecule has 2 fully saturated rings. The van der Waals surface area contributed by atoms with Crippen LogP contribution in [0, 0.1) is 17.8 Å². The maximum absolute atomic E-state index is 10.3. The lowest BCUT2D eigenvalue weighted by Crippen LogP contribution is -2.44. The summed E-state index contributed by atoms with van der Waals surface area (Å²) in [6.07, 6.45) is 4.74. The fourth-order valence-electron chi connectivity index (χ4n) is 3.87. The molecule has 0 aromatic carbocycles. The Morgan fingerprint density at radius 2 is 1.61 bits per heavy atom. The molecule has 0 saturated heterocycles. The van der Waals surface area contributed by atoms with Crippen LogP contribution in [0.5, 0.6) is 0 Å². The molecule has 0 amide bonds. The van der Waals surface area contributed by atoms with Crippen molar-refractivity contribution in [2.45, 2.75) is 69.7 Å². The van der Waals surface area contributed by atoms with Crippen molar-refractivity contribution in [3.63, 3.8) is 0 Å². The van der Waals surface area contributed by atoms with Crippen molar-refractivity contribution in [1.29, 1.82) is 0 Å². The molecule has 6 N–H and O–H groups in total.